The zero-order valence-corrected chi connectivity index (χ0v) is 11.5. The van der Waals surface area contributed by atoms with Crippen LogP contribution < -0.4 is 5.32 Å². The number of carbonyl (C=O) groups excluding carboxylic acids is 1. The number of nitrogens with one attached hydrogen (secondary N) is 1. The minimum absolute atomic E-state index is 0.113. The fourth-order valence-electron chi connectivity index (χ4n) is 2.41. The van der Waals surface area contributed by atoms with Gasteiger partial charge in [0.1, 0.15) is 0 Å². The third-order valence-corrected chi connectivity index (χ3v) is 4.08. The highest BCUT2D eigenvalue weighted by atomic mass is 32.2. The summed E-state index contributed by atoms with van der Waals surface area (Å²) in [5, 5.41) is 2.98. The van der Waals surface area contributed by atoms with Crippen LogP contribution >= 0.6 is 0 Å². The van der Waals surface area contributed by atoms with Crippen LogP contribution in [0.2, 0.25) is 0 Å². The maximum absolute atomic E-state index is 12.1. The summed E-state index contributed by atoms with van der Waals surface area (Å²) in [5.41, 5.74) is 1.76. The third kappa shape index (κ3) is 3.42. The molecular weight excluding hydrogens is 246 g/mol. The van der Waals surface area contributed by atoms with Crippen LogP contribution in [-0.4, -0.2) is 16.4 Å². The lowest BCUT2D eigenvalue weighted by atomic mass is 10.1. The molecule has 1 saturated carbocycles. The van der Waals surface area contributed by atoms with Crippen molar-refractivity contribution < 1.29 is 9.00 Å². The number of rotatable bonds is 4. The van der Waals surface area contributed by atoms with Gasteiger partial charge < -0.3 is 5.32 Å². The van der Waals surface area contributed by atoms with Crippen molar-refractivity contribution in [3.8, 4) is 0 Å². The van der Waals surface area contributed by atoms with Crippen LogP contribution in [0.5, 0.6) is 0 Å². The first-order valence-corrected chi connectivity index (χ1v) is 8.08. The Bertz CT molecular complexity index is 453. The molecule has 1 amide bonds. The van der Waals surface area contributed by atoms with E-state index in [1.165, 1.54) is 0 Å². The molecule has 0 radical (unpaired) electrons. The number of carbonyl (C=O) groups is 1. The number of para-hydroxylation sites is 1. The van der Waals surface area contributed by atoms with Gasteiger partial charge in [-0.05, 0) is 24.5 Å². The van der Waals surface area contributed by atoms with Crippen LogP contribution in [0.3, 0.4) is 0 Å². The Balaban J connectivity index is 2.07. The van der Waals surface area contributed by atoms with Crippen LogP contribution in [0.1, 0.15) is 31.2 Å². The molecule has 0 aromatic heterocycles. The van der Waals surface area contributed by atoms with E-state index in [0.717, 1.165) is 36.9 Å². The molecular formula is C14H19NO2S. The van der Waals surface area contributed by atoms with Gasteiger partial charge in [-0.15, -0.1) is 0 Å². The molecule has 4 heteroatoms. The summed E-state index contributed by atoms with van der Waals surface area (Å²) in [5.74, 6) is 0.758. The van der Waals surface area contributed by atoms with Gasteiger partial charge >= 0.3 is 0 Å². The van der Waals surface area contributed by atoms with Gasteiger partial charge in [0.2, 0.25) is 5.91 Å². The molecule has 1 aromatic carbocycles. The van der Waals surface area contributed by atoms with Crippen LogP contribution in [0.15, 0.2) is 24.3 Å². The normalized spacial score (nSPS) is 17.6. The predicted octanol–water partition coefficient (Wildman–Crippen LogP) is 2.69. The summed E-state index contributed by atoms with van der Waals surface area (Å²) in [7, 11) is -0.895. The fraction of sp³-hybridized carbons (Fsp3) is 0.500. The van der Waals surface area contributed by atoms with Crippen molar-refractivity contribution in [2.24, 2.45) is 5.92 Å². The van der Waals surface area contributed by atoms with Crippen molar-refractivity contribution in [1.29, 1.82) is 0 Å². The first kappa shape index (κ1) is 13.3. The largest absolute Gasteiger partial charge is 0.326 e. The summed E-state index contributed by atoms with van der Waals surface area (Å²) in [6, 6.07) is 7.61. The minimum Gasteiger partial charge on any atom is -0.326 e. The van der Waals surface area contributed by atoms with Crippen molar-refractivity contribution in [3.63, 3.8) is 0 Å². The fourth-order valence-corrected chi connectivity index (χ4v) is 3.10. The summed E-state index contributed by atoms with van der Waals surface area (Å²) in [6.45, 7) is 0. The first-order chi connectivity index (χ1) is 8.66. The molecule has 0 saturated heterocycles. The lowest BCUT2D eigenvalue weighted by Gasteiger charge is -2.13. The average molecular weight is 265 g/mol. The summed E-state index contributed by atoms with van der Waals surface area (Å²) >= 11 is 0. The van der Waals surface area contributed by atoms with Crippen molar-refractivity contribution in [3.05, 3.63) is 29.8 Å². The smallest absolute Gasteiger partial charge is 0.227 e. The Kier molecular flexibility index (Phi) is 4.53. The monoisotopic (exact) mass is 265 g/mol. The maximum atomic E-state index is 12.1. The number of benzene rings is 1. The molecule has 1 N–H and O–H groups in total. The Morgan fingerprint density at radius 1 is 1.33 bits per heavy atom. The van der Waals surface area contributed by atoms with Crippen LogP contribution in [0.4, 0.5) is 5.69 Å². The second-order valence-electron chi connectivity index (χ2n) is 4.85. The van der Waals surface area contributed by atoms with E-state index in [4.69, 9.17) is 0 Å². The molecule has 1 fully saturated rings. The topological polar surface area (TPSA) is 46.2 Å². The third-order valence-electron chi connectivity index (χ3n) is 3.36. The number of anilines is 1. The number of hydrogen-bond donors (Lipinski definition) is 1. The Hall–Kier alpha value is -1.16. The molecule has 0 heterocycles. The average Bonchev–Trinajstić information content (AvgIpc) is 2.84. The van der Waals surface area contributed by atoms with E-state index in [1.54, 1.807) is 6.26 Å². The van der Waals surface area contributed by atoms with Crippen LogP contribution in [-0.2, 0) is 21.3 Å². The molecule has 1 aliphatic carbocycles. The Morgan fingerprint density at radius 3 is 2.67 bits per heavy atom. The van der Waals surface area contributed by atoms with E-state index in [9.17, 15) is 9.00 Å². The highest BCUT2D eigenvalue weighted by Gasteiger charge is 2.23. The molecule has 0 spiro atoms. The summed E-state index contributed by atoms with van der Waals surface area (Å²) < 4.78 is 11.3. The van der Waals surface area contributed by atoms with Gasteiger partial charge in [0.15, 0.2) is 0 Å². The standard InChI is InChI=1S/C14H19NO2S/c1-18(17)10-12-8-4-5-9-13(12)15-14(16)11-6-2-3-7-11/h4-5,8-9,11H,2-3,6-7,10H2,1H3,(H,15,16)/t18-/m0/s1. The van der Waals surface area contributed by atoms with Crippen molar-refractivity contribution in [2.45, 2.75) is 31.4 Å². The second-order valence-corrected chi connectivity index (χ2v) is 6.28. The molecule has 2 rings (SSSR count). The predicted molar refractivity (Wildman–Crippen MR) is 74.8 cm³/mol. The van der Waals surface area contributed by atoms with E-state index in [1.807, 2.05) is 24.3 Å². The van der Waals surface area contributed by atoms with Crippen LogP contribution in [0, 0.1) is 5.92 Å². The second kappa shape index (κ2) is 6.14. The highest BCUT2D eigenvalue weighted by molar-refractivity contribution is 7.83. The molecule has 0 bridgehead atoms. The highest BCUT2D eigenvalue weighted by Crippen LogP contribution is 2.26. The SMILES string of the molecule is C[S@](=O)Cc1ccccc1NC(=O)C1CCCC1. The van der Waals surface area contributed by atoms with E-state index in [-0.39, 0.29) is 11.8 Å². The molecule has 0 aliphatic heterocycles. The lowest BCUT2D eigenvalue weighted by Crippen LogP contribution is -2.21. The summed E-state index contributed by atoms with van der Waals surface area (Å²) in [6.07, 6.45) is 5.97. The minimum atomic E-state index is -0.895. The molecule has 1 atom stereocenters. The molecule has 3 nitrogen and oxygen atoms in total. The van der Waals surface area contributed by atoms with E-state index in [0.29, 0.717) is 5.75 Å². The first-order valence-electron chi connectivity index (χ1n) is 6.35. The Labute approximate surface area is 110 Å². The maximum Gasteiger partial charge on any atom is 0.227 e. The van der Waals surface area contributed by atoms with E-state index in [2.05, 4.69) is 5.32 Å². The quantitative estimate of drug-likeness (QED) is 0.909. The summed E-state index contributed by atoms with van der Waals surface area (Å²) in [4.78, 5) is 12.1. The zero-order chi connectivity index (χ0) is 13.0. The van der Waals surface area contributed by atoms with Gasteiger partial charge in [-0.1, -0.05) is 31.0 Å². The van der Waals surface area contributed by atoms with Crippen molar-refractivity contribution in [1.82, 2.24) is 0 Å². The van der Waals surface area contributed by atoms with Gasteiger partial charge in [0, 0.05) is 28.7 Å². The molecule has 98 valence electrons. The van der Waals surface area contributed by atoms with Crippen LogP contribution in [0.25, 0.3) is 0 Å². The van der Waals surface area contributed by atoms with Gasteiger partial charge in [-0.2, -0.15) is 0 Å². The van der Waals surface area contributed by atoms with E-state index < -0.39 is 10.8 Å². The van der Waals surface area contributed by atoms with Crippen molar-refractivity contribution >= 4 is 22.4 Å². The molecule has 1 aliphatic rings. The lowest BCUT2D eigenvalue weighted by molar-refractivity contribution is -0.119. The van der Waals surface area contributed by atoms with Gasteiger partial charge in [-0.25, -0.2) is 0 Å². The Morgan fingerprint density at radius 2 is 2.00 bits per heavy atom. The molecule has 0 unspecified atom stereocenters. The van der Waals surface area contributed by atoms with Gasteiger partial charge in [0.05, 0.1) is 5.75 Å². The van der Waals surface area contributed by atoms with E-state index >= 15 is 0 Å². The molecule has 18 heavy (non-hydrogen) atoms. The zero-order valence-electron chi connectivity index (χ0n) is 10.6. The van der Waals surface area contributed by atoms with Gasteiger partial charge in [-0.3, -0.25) is 9.00 Å². The van der Waals surface area contributed by atoms with Crippen molar-refractivity contribution in [2.75, 3.05) is 11.6 Å². The number of hydrogen-bond acceptors (Lipinski definition) is 2. The number of amides is 1. The molecule has 1 aromatic rings. The van der Waals surface area contributed by atoms with Gasteiger partial charge in [0.25, 0.3) is 0 Å².